The van der Waals surface area contributed by atoms with Crippen molar-refractivity contribution in [2.75, 3.05) is 0 Å². The van der Waals surface area contributed by atoms with E-state index in [4.69, 9.17) is 4.74 Å². The summed E-state index contributed by atoms with van der Waals surface area (Å²) in [5, 5.41) is 16.4. The molecule has 2 amide bonds. The van der Waals surface area contributed by atoms with Gasteiger partial charge in [0.15, 0.2) is 5.75 Å². The Labute approximate surface area is 182 Å². The van der Waals surface area contributed by atoms with E-state index in [1.54, 1.807) is 12.1 Å². The Hall–Kier alpha value is -3.88. The second kappa shape index (κ2) is 7.67. The first-order valence-electron chi connectivity index (χ1n) is 10.2. The van der Waals surface area contributed by atoms with E-state index in [0.717, 1.165) is 11.4 Å². The van der Waals surface area contributed by atoms with E-state index in [9.17, 15) is 24.1 Å². The first-order chi connectivity index (χ1) is 15.4. The van der Waals surface area contributed by atoms with Gasteiger partial charge < -0.3 is 4.74 Å². The second-order valence-electron chi connectivity index (χ2n) is 8.10. The molecule has 8 nitrogen and oxygen atoms in total. The van der Waals surface area contributed by atoms with Gasteiger partial charge in [-0.2, -0.15) is 10.1 Å². The zero-order chi connectivity index (χ0) is 22.4. The highest BCUT2D eigenvalue weighted by Crippen LogP contribution is 2.52. The number of nitro groups is 1. The number of hydrogen-bond acceptors (Lipinski definition) is 6. The molecule has 2 bridgehead atoms. The summed E-state index contributed by atoms with van der Waals surface area (Å²) >= 11 is 0. The predicted molar refractivity (Wildman–Crippen MR) is 111 cm³/mol. The monoisotopic (exact) mass is 435 g/mol. The molecule has 1 aliphatic heterocycles. The van der Waals surface area contributed by atoms with Crippen LogP contribution in [-0.2, 0) is 16.2 Å². The van der Waals surface area contributed by atoms with E-state index in [2.05, 4.69) is 5.10 Å². The van der Waals surface area contributed by atoms with E-state index in [1.165, 1.54) is 36.5 Å². The molecule has 1 saturated heterocycles. The number of ether oxygens (including phenoxy) is 1. The largest absolute Gasteiger partial charge is 0.482 e. The fraction of sp³-hybridized carbons (Fsp3) is 0.261. The van der Waals surface area contributed by atoms with Crippen molar-refractivity contribution >= 4 is 23.7 Å². The van der Waals surface area contributed by atoms with Gasteiger partial charge in [0.25, 0.3) is 11.8 Å². The van der Waals surface area contributed by atoms with Crippen molar-refractivity contribution in [3.63, 3.8) is 0 Å². The van der Waals surface area contributed by atoms with Crippen LogP contribution < -0.4 is 4.74 Å². The number of hydrogen-bond donors (Lipinski definition) is 0. The van der Waals surface area contributed by atoms with Crippen LogP contribution in [0, 0.1) is 39.6 Å². The normalized spacial score (nSPS) is 25.7. The van der Waals surface area contributed by atoms with Crippen molar-refractivity contribution in [2.45, 2.75) is 13.0 Å². The van der Waals surface area contributed by atoms with Gasteiger partial charge >= 0.3 is 5.69 Å². The molecular formula is C23H18FN3O5. The van der Waals surface area contributed by atoms with Crippen LogP contribution in [0.2, 0.25) is 0 Å². The number of carbonyl (C=O) groups is 2. The van der Waals surface area contributed by atoms with Crippen LogP contribution >= 0.6 is 0 Å². The fourth-order valence-corrected chi connectivity index (χ4v) is 4.78. The molecule has 0 radical (unpaired) electrons. The van der Waals surface area contributed by atoms with Crippen LogP contribution in [0.15, 0.2) is 59.7 Å². The molecular weight excluding hydrogens is 417 g/mol. The molecule has 1 saturated carbocycles. The number of halogens is 1. The van der Waals surface area contributed by atoms with Crippen molar-refractivity contribution in [3.8, 4) is 5.75 Å². The highest BCUT2D eigenvalue weighted by molar-refractivity contribution is 6.06. The number of imide groups is 1. The number of rotatable bonds is 6. The second-order valence-corrected chi connectivity index (χ2v) is 8.10. The van der Waals surface area contributed by atoms with Gasteiger partial charge in [0.1, 0.15) is 12.4 Å². The smallest absolute Gasteiger partial charge is 0.311 e. The molecule has 9 heteroatoms. The molecule has 32 heavy (non-hydrogen) atoms. The zero-order valence-electron chi connectivity index (χ0n) is 16.8. The van der Waals surface area contributed by atoms with Crippen molar-refractivity contribution in [2.24, 2.45) is 28.8 Å². The van der Waals surface area contributed by atoms with Gasteiger partial charge in [0.2, 0.25) is 0 Å². The van der Waals surface area contributed by atoms with Crippen LogP contribution in [0.25, 0.3) is 0 Å². The lowest BCUT2D eigenvalue weighted by molar-refractivity contribution is -0.386. The summed E-state index contributed by atoms with van der Waals surface area (Å²) in [5.74, 6) is -1.72. The Kier molecular flexibility index (Phi) is 4.80. The standard InChI is InChI=1S/C23H18FN3O5/c24-17-4-2-1-3-16(17)12-32-19-8-5-13(9-18(19)27(30)31)11-25-26-22(28)20-14-6-7-15(10-14)21(20)23(26)29/h1-9,11,14-15,20-21H,10,12H2. The summed E-state index contributed by atoms with van der Waals surface area (Å²) in [4.78, 5) is 36.3. The molecule has 5 rings (SSSR count). The summed E-state index contributed by atoms with van der Waals surface area (Å²) in [6.45, 7) is -0.170. The van der Waals surface area contributed by atoms with Gasteiger partial charge in [-0.3, -0.25) is 19.7 Å². The number of benzene rings is 2. The molecule has 0 N–H and O–H groups in total. The van der Waals surface area contributed by atoms with E-state index >= 15 is 0 Å². The SMILES string of the molecule is O=C1C2C3C=CC(C3)C2C(=O)N1N=Cc1ccc(OCc2ccccc2F)c([N+](=O)[O-])c1. The fourth-order valence-electron chi connectivity index (χ4n) is 4.78. The molecule has 4 unspecified atom stereocenters. The number of allylic oxidation sites excluding steroid dienone is 2. The average molecular weight is 435 g/mol. The van der Waals surface area contributed by atoms with Crippen LogP contribution in [0.3, 0.4) is 0 Å². The Morgan fingerprint density at radius 3 is 2.47 bits per heavy atom. The van der Waals surface area contributed by atoms with Crippen molar-refractivity contribution < 1.29 is 23.6 Å². The Morgan fingerprint density at radius 1 is 1.12 bits per heavy atom. The Bertz CT molecular complexity index is 1160. The predicted octanol–water partition coefficient (Wildman–Crippen LogP) is 3.45. The van der Waals surface area contributed by atoms with Crippen LogP contribution in [0.5, 0.6) is 5.75 Å². The topological polar surface area (TPSA) is 102 Å². The lowest BCUT2D eigenvalue weighted by Crippen LogP contribution is -2.28. The van der Waals surface area contributed by atoms with Crippen LogP contribution in [0.1, 0.15) is 17.5 Å². The maximum atomic E-state index is 13.8. The van der Waals surface area contributed by atoms with E-state index in [-0.39, 0.29) is 59.1 Å². The molecule has 1 heterocycles. The van der Waals surface area contributed by atoms with Crippen molar-refractivity contribution in [1.82, 2.24) is 5.01 Å². The lowest BCUT2D eigenvalue weighted by atomic mass is 9.85. The third-order valence-electron chi connectivity index (χ3n) is 6.29. The molecule has 2 aromatic carbocycles. The third kappa shape index (κ3) is 3.26. The minimum Gasteiger partial charge on any atom is -0.482 e. The van der Waals surface area contributed by atoms with Crippen LogP contribution in [0.4, 0.5) is 10.1 Å². The van der Waals surface area contributed by atoms with Gasteiger partial charge in [-0.15, -0.1) is 0 Å². The van der Waals surface area contributed by atoms with Gasteiger partial charge in [0, 0.05) is 17.2 Å². The highest BCUT2D eigenvalue weighted by atomic mass is 19.1. The summed E-state index contributed by atoms with van der Waals surface area (Å²) in [7, 11) is 0. The number of carbonyl (C=O) groups excluding carboxylic acids is 2. The van der Waals surface area contributed by atoms with E-state index < -0.39 is 10.7 Å². The van der Waals surface area contributed by atoms with Crippen molar-refractivity contribution in [1.29, 1.82) is 0 Å². The maximum absolute atomic E-state index is 13.8. The third-order valence-corrected chi connectivity index (χ3v) is 6.29. The molecule has 2 aromatic rings. The number of amides is 2. The Morgan fingerprint density at radius 2 is 1.81 bits per heavy atom. The number of fused-ring (bicyclic) bond motifs is 5. The molecule has 2 fully saturated rings. The number of hydrazone groups is 1. The molecule has 0 aromatic heterocycles. The van der Waals surface area contributed by atoms with Gasteiger partial charge in [-0.25, -0.2) is 4.39 Å². The molecule has 0 spiro atoms. The summed E-state index contributed by atoms with van der Waals surface area (Å²) in [6, 6.07) is 10.1. The molecule has 162 valence electrons. The van der Waals surface area contributed by atoms with E-state index in [0.29, 0.717) is 5.56 Å². The minimum absolute atomic E-state index is 0.0269. The number of nitrogens with zero attached hydrogens (tertiary/aromatic N) is 3. The first-order valence-corrected chi connectivity index (χ1v) is 10.2. The van der Waals surface area contributed by atoms with Gasteiger partial charge in [-0.1, -0.05) is 30.4 Å². The van der Waals surface area contributed by atoms with E-state index in [1.807, 2.05) is 12.2 Å². The quantitative estimate of drug-likeness (QED) is 0.227. The first kappa shape index (κ1) is 20.0. The Balaban J connectivity index is 1.33. The lowest BCUT2D eigenvalue weighted by Gasteiger charge is -2.13. The summed E-state index contributed by atoms with van der Waals surface area (Å²) in [6.07, 6.45) is 6.06. The molecule has 4 atom stereocenters. The van der Waals surface area contributed by atoms with Gasteiger partial charge in [0.05, 0.1) is 23.0 Å². The number of nitro benzene ring substituents is 1. The van der Waals surface area contributed by atoms with Gasteiger partial charge in [-0.05, 0) is 36.5 Å². The zero-order valence-corrected chi connectivity index (χ0v) is 16.8. The highest BCUT2D eigenvalue weighted by Gasteiger charge is 2.59. The average Bonchev–Trinajstić information content (AvgIpc) is 3.46. The van der Waals surface area contributed by atoms with Crippen molar-refractivity contribution in [3.05, 3.63) is 81.7 Å². The minimum atomic E-state index is -0.617. The summed E-state index contributed by atoms with van der Waals surface area (Å²) in [5.41, 5.74) is 0.268. The summed E-state index contributed by atoms with van der Waals surface area (Å²) < 4.78 is 19.2. The maximum Gasteiger partial charge on any atom is 0.311 e. The van der Waals surface area contributed by atoms with Crippen LogP contribution in [-0.4, -0.2) is 28.0 Å². The molecule has 2 aliphatic carbocycles. The molecule has 3 aliphatic rings.